The number of likely N-dealkylation sites (tertiary alicyclic amines) is 1. The summed E-state index contributed by atoms with van der Waals surface area (Å²) in [6.45, 7) is 4.89. The molecule has 1 amide bonds. The Morgan fingerprint density at radius 3 is 2.43 bits per heavy atom. The lowest BCUT2D eigenvalue weighted by molar-refractivity contribution is -0.157. The van der Waals surface area contributed by atoms with Crippen LogP contribution in [0.25, 0.3) is 0 Å². The Balaban J connectivity index is 1.76. The van der Waals surface area contributed by atoms with Crippen LogP contribution in [0.2, 0.25) is 0 Å². The average molecular weight is 291 g/mol. The Kier molecular flexibility index (Phi) is 5.20. The summed E-state index contributed by atoms with van der Waals surface area (Å²) in [6, 6.07) is 7.41. The van der Waals surface area contributed by atoms with Gasteiger partial charge in [-0.1, -0.05) is 17.7 Å². The van der Waals surface area contributed by atoms with E-state index in [1.54, 1.807) is 24.0 Å². The van der Waals surface area contributed by atoms with Crippen LogP contribution in [0.4, 0.5) is 0 Å². The normalized spacial score (nSPS) is 15.6. The fourth-order valence-electron chi connectivity index (χ4n) is 2.18. The van der Waals surface area contributed by atoms with E-state index < -0.39 is 12.1 Å². The van der Waals surface area contributed by atoms with Gasteiger partial charge in [0, 0.05) is 13.1 Å². The van der Waals surface area contributed by atoms with Gasteiger partial charge >= 0.3 is 5.97 Å². The van der Waals surface area contributed by atoms with E-state index in [1.165, 1.54) is 0 Å². The summed E-state index contributed by atoms with van der Waals surface area (Å²) in [7, 11) is 0. The lowest BCUT2D eigenvalue weighted by Crippen LogP contribution is -2.34. The van der Waals surface area contributed by atoms with Crippen molar-refractivity contribution in [1.82, 2.24) is 4.90 Å². The molecule has 1 heterocycles. The van der Waals surface area contributed by atoms with Gasteiger partial charge in [-0.2, -0.15) is 0 Å². The molecule has 0 N–H and O–H groups in total. The van der Waals surface area contributed by atoms with E-state index in [0.29, 0.717) is 5.75 Å². The lowest BCUT2D eigenvalue weighted by atomic mass is 10.2. The van der Waals surface area contributed by atoms with Crippen molar-refractivity contribution >= 4 is 11.9 Å². The highest BCUT2D eigenvalue weighted by Crippen LogP contribution is 2.14. The number of esters is 1. The first-order chi connectivity index (χ1) is 10.1. The molecule has 5 heteroatoms. The smallest absolute Gasteiger partial charge is 0.347 e. The molecule has 0 bridgehead atoms. The van der Waals surface area contributed by atoms with Crippen LogP contribution in [0.3, 0.4) is 0 Å². The summed E-state index contributed by atoms with van der Waals surface area (Å²) in [5, 5.41) is 0. The molecule has 0 aliphatic carbocycles. The fraction of sp³-hybridized carbons (Fsp3) is 0.500. The van der Waals surface area contributed by atoms with E-state index in [4.69, 9.17) is 9.47 Å². The number of nitrogens with zero attached hydrogens (tertiary/aromatic N) is 1. The fourth-order valence-corrected chi connectivity index (χ4v) is 2.18. The molecular formula is C16H21NO4. The Hall–Kier alpha value is -2.04. The van der Waals surface area contributed by atoms with Gasteiger partial charge in [-0.15, -0.1) is 0 Å². The quantitative estimate of drug-likeness (QED) is 0.778. The predicted molar refractivity (Wildman–Crippen MR) is 78.0 cm³/mol. The molecular weight excluding hydrogens is 270 g/mol. The average Bonchev–Trinajstić information content (AvgIpc) is 3.01. The lowest BCUT2D eigenvalue weighted by Gasteiger charge is -2.17. The predicted octanol–water partition coefficient (Wildman–Crippen LogP) is 1.93. The summed E-state index contributed by atoms with van der Waals surface area (Å²) in [5.41, 5.74) is 1.12. The first-order valence-corrected chi connectivity index (χ1v) is 7.24. The van der Waals surface area contributed by atoms with Gasteiger partial charge in [-0.25, -0.2) is 4.79 Å². The van der Waals surface area contributed by atoms with Crippen molar-refractivity contribution in [3.8, 4) is 5.75 Å². The summed E-state index contributed by atoms with van der Waals surface area (Å²) < 4.78 is 10.5. The van der Waals surface area contributed by atoms with Crippen molar-refractivity contribution in [3.05, 3.63) is 29.8 Å². The highest BCUT2D eigenvalue weighted by molar-refractivity contribution is 5.82. The summed E-state index contributed by atoms with van der Waals surface area (Å²) in [5.74, 6) is -0.0533. The number of carbonyl (C=O) groups is 2. The molecule has 1 atom stereocenters. The monoisotopic (exact) mass is 291 g/mol. The molecule has 5 nitrogen and oxygen atoms in total. The number of hydrogen-bond donors (Lipinski definition) is 0. The third kappa shape index (κ3) is 4.48. The van der Waals surface area contributed by atoms with Crippen LogP contribution in [0.5, 0.6) is 5.75 Å². The Morgan fingerprint density at radius 2 is 1.81 bits per heavy atom. The van der Waals surface area contributed by atoms with Gasteiger partial charge < -0.3 is 14.4 Å². The van der Waals surface area contributed by atoms with Gasteiger partial charge in [0.05, 0.1) is 0 Å². The first kappa shape index (κ1) is 15.4. The first-order valence-electron chi connectivity index (χ1n) is 7.24. The van der Waals surface area contributed by atoms with Crippen LogP contribution in [0.1, 0.15) is 25.3 Å². The molecule has 1 aromatic carbocycles. The number of ether oxygens (including phenoxy) is 2. The molecule has 1 unspecified atom stereocenters. The van der Waals surface area contributed by atoms with Crippen LogP contribution < -0.4 is 4.74 Å². The third-order valence-corrected chi connectivity index (χ3v) is 3.46. The second kappa shape index (κ2) is 7.11. The van der Waals surface area contributed by atoms with Crippen LogP contribution in [-0.4, -0.2) is 42.6 Å². The molecule has 114 valence electrons. The Bertz CT molecular complexity index is 492. The second-order valence-corrected chi connectivity index (χ2v) is 5.27. The minimum atomic E-state index is -0.737. The maximum atomic E-state index is 11.8. The van der Waals surface area contributed by atoms with Gasteiger partial charge in [0.1, 0.15) is 5.75 Å². The van der Waals surface area contributed by atoms with Crippen molar-refractivity contribution in [2.24, 2.45) is 0 Å². The van der Waals surface area contributed by atoms with Crippen LogP contribution in [0, 0.1) is 6.92 Å². The van der Waals surface area contributed by atoms with Crippen molar-refractivity contribution in [2.45, 2.75) is 32.8 Å². The van der Waals surface area contributed by atoms with E-state index in [-0.39, 0.29) is 12.5 Å². The van der Waals surface area contributed by atoms with E-state index in [9.17, 15) is 9.59 Å². The molecule has 1 aromatic rings. The number of benzene rings is 1. The molecule has 1 aliphatic rings. The van der Waals surface area contributed by atoms with Crippen LogP contribution in [0.15, 0.2) is 24.3 Å². The number of rotatable bonds is 5. The van der Waals surface area contributed by atoms with Crippen molar-refractivity contribution in [3.63, 3.8) is 0 Å². The maximum Gasteiger partial charge on any atom is 0.347 e. The standard InChI is InChI=1S/C16H21NO4/c1-12-5-7-14(8-6-12)21-13(2)16(19)20-11-15(18)17-9-3-4-10-17/h5-8,13H,3-4,9-11H2,1-2H3. The largest absolute Gasteiger partial charge is 0.479 e. The van der Waals surface area contributed by atoms with Crippen molar-refractivity contribution < 1.29 is 19.1 Å². The van der Waals surface area contributed by atoms with Gasteiger partial charge in [-0.05, 0) is 38.8 Å². The van der Waals surface area contributed by atoms with Gasteiger partial charge in [0.2, 0.25) is 0 Å². The van der Waals surface area contributed by atoms with E-state index in [0.717, 1.165) is 31.5 Å². The minimum Gasteiger partial charge on any atom is -0.479 e. The van der Waals surface area contributed by atoms with E-state index in [1.807, 2.05) is 19.1 Å². The molecule has 1 saturated heterocycles. The van der Waals surface area contributed by atoms with Gasteiger partial charge in [0.15, 0.2) is 12.7 Å². The zero-order chi connectivity index (χ0) is 15.2. The van der Waals surface area contributed by atoms with Gasteiger partial charge in [-0.3, -0.25) is 4.79 Å². The van der Waals surface area contributed by atoms with Crippen molar-refractivity contribution in [2.75, 3.05) is 19.7 Å². The highest BCUT2D eigenvalue weighted by Gasteiger charge is 2.22. The molecule has 1 fully saturated rings. The zero-order valence-electron chi connectivity index (χ0n) is 12.5. The number of hydrogen-bond acceptors (Lipinski definition) is 4. The maximum absolute atomic E-state index is 11.8. The zero-order valence-corrected chi connectivity index (χ0v) is 12.5. The summed E-state index contributed by atoms with van der Waals surface area (Å²) in [4.78, 5) is 25.3. The molecule has 0 aromatic heterocycles. The summed E-state index contributed by atoms with van der Waals surface area (Å²) in [6.07, 6.45) is 1.30. The molecule has 0 saturated carbocycles. The Labute approximate surface area is 124 Å². The second-order valence-electron chi connectivity index (χ2n) is 5.27. The number of aryl methyl sites for hydroxylation is 1. The topological polar surface area (TPSA) is 55.8 Å². The molecule has 0 radical (unpaired) electrons. The van der Waals surface area contributed by atoms with Crippen LogP contribution in [-0.2, 0) is 14.3 Å². The number of carbonyl (C=O) groups excluding carboxylic acids is 2. The molecule has 2 rings (SSSR count). The minimum absolute atomic E-state index is 0.136. The molecule has 0 spiro atoms. The van der Waals surface area contributed by atoms with Crippen molar-refractivity contribution in [1.29, 1.82) is 0 Å². The van der Waals surface area contributed by atoms with Gasteiger partial charge in [0.25, 0.3) is 5.91 Å². The SMILES string of the molecule is Cc1ccc(OC(C)C(=O)OCC(=O)N2CCCC2)cc1. The molecule has 21 heavy (non-hydrogen) atoms. The van der Waals surface area contributed by atoms with E-state index in [2.05, 4.69) is 0 Å². The highest BCUT2D eigenvalue weighted by atomic mass is 16.6. The number of amides is 1. The van der Waals surface area contributed by atoms with Crippen LogP contribution >= 0.6 is 0 Å². The third-order valence-electron chi connectivity index (χ3n) is 3.46. The van der Waals surface area contributed by atoms with E-state index >= 15 is 0 Å². The Morgan fingerprint density at radius 1 is 1.19 bits per heavy atom. The summed E-state index contributed by atoms with van der Waals surface area (Å²) >= 11 is 0. The molecule has 1 aliphatic heterocycles.